The summed E-state index contributed by atoms with van der Waals surface area (Å²) >= 11 is 0. The number of amides is 2. The Balaban J connectivity index is 2.08. The first kappa shape index (κ1) is 16.7. The van der Waals surface area contributed by atoms with Gasteiger partial charge in [-0.3, -0.25) is 9.59 Å². The molecule has 0 bridgehead atoms. The van der Waals surface area contributed by atoms with Gasteiger partial charge in [0.25, 0.3) is 5.91 Å². The molecule has 0 aliphatic rings. The van der Waals surface area contributed by atoms with Gasteiger partial charge >= 0.3 is 0 Å². The van der Waals surface area contributed by atoms with Crippen molar-refractivity contribution >= 4 is 17.5 Å². The Hall–Kier alpha value is -2.70. The Morgan fingerprint density at radius 1 is 1.26 bits per heavy atom. The number of para-hydroxylation sites is 1. The first-order chi connectivity index (χ1) is 11.0. The molecular weight excluding hydrogens is 296 g/mol. The number of nitrogens with one attached hydrogen (secondary N) is 2. The fourth-order valence-electron chi connectivity index (χ4n) is 1.90. The van der Waals surface area contributed by atoms with Gasteiger partial charge in [-0.25, -0.2) is 4.63 Å². The molecule has 0 aliphatic carbocycles. The van der Waals surface area contributed by atoms with E-state index in [1.54, 1.807) is 31.2 Å². The van der Waals surface area contributed by atoms with Crippen molar-refractivity contribution in [1.82, 2.24) is 15.6 Å². The highest BCUT2D eigenvalue weighted by atomic mass is 16.6. The topological polar surface area (TPSA) is 97.1 Å². The van der Waals surface area contributed by atoms with Gasteiger partial charge in [-0.2, -0.15) is 0 Å². The summed E-state index contributed by atoms with van der Waals surface area (Å²) in [5.41, 5.74) is 2.09. The van der Waals surface area contributed by atoms with Crippen LogP contribution >= 0.6 is 0 Å². The summed E-state index contributed by atoms with van der Waals surface area (Å²) in [4.78, 5) is 24.4. The Bertz CT molecular complexity index is 696. The third-order valence-electron chi connectivity index (χ3n) is 3.65. The Morgan fingerprint density at radius 3 is 2.65 bits per heavy atom. The lowest BCUT2D eigenvalue weighted by atomic mass is 10.1. The van der Waals surface area contributed by atoms with E-state index in [-0.39, 0.29) is 24.3 Å². The van der Waals surface area contributed by atoms with Gasteiger partial charge in [0, 0.05) is 5.92 Å². The van der Waals surface area contributed by atoms with Gasteiger partial charge < -0.3 is 10.6 Å². The molecule has 0 saturated carbocycles. The summed E-state index contributed by atoms with van der Waals surface area (Å²) in [7, 11) is 0. The molecule has 2 aromatic rings. The summed E-state index contributed by atoms with van der Waals surface area (Å²) in [6, 6.07) is 6.89. The molecule has 0 fully saturated rings. The first-order valence-electron chi connectivity index (χ1n) is 7.49. The number of rotatable bonds is 6. The fourth-order valence-corrected chi connectivity index (χ4v) is 1.90. The molecule has 1 heterocycles. The molecule has 1 aromatic carbocycles. The number of hydrogen-bond donors (Lipinski definition) is 2. The lowest BCUT2D eigenvalue weighted by Crippen LogP contribution is -2.26. The van der Waals surface area contributed by atoms with Crippen molar-refractivity contribution in [3.63, 3.8) is 0 Å². The maximum Gasteiger partial charge on any atom is 0.253 e. The van der Waals surface area contributed by atoms with E-state index < -0.39 is 0 Å². The third-order valence-corrected chi connectivity index (χ3v) is 3.65. The van der Waals surface area contributed by atoms with E-state index in [0.717, 1.165) is 6.42 Å². The molecule has 0 radical (unpaired) electrons. The third kappa shape index (κ3) is 4.15. The summed E-state index contributed by atoms with van der Waals surface area (Å²) in [6.07, 6.45) is 0.735. The van der Waals surface area contributed by atoms with Crippen LogP contribution in [-0.4, -0.2) is 22.1 Å². The van der Waals surface area contributed by atoms with Crippen LogP contribution in [0, 0.1) is 12.8 Å². The van der Waals surface area contributed by atoms with Crippen LogP contribution in [0.4, 0.5) is 5.69 Å². The number of carbonyl (C=O) groups excluding carboxylic acids is 2. The molecule has 1 atom stereocenters. The molecule has 0 saturated heterocycles. The predicted molar refractivity (Wildman–Crippen MR) is 84.7 cm³/mol. The van der Waals surface area contributed by atoms with Gasteiger partial charge in [0.15, 0.2) is 0 Å². The summed E-state index contributed by atoms with van der Waals surface area (Å²) in [6.45, 7) is 5.75. The van der Waals surface area contributed by atoms with Crippen molar-refractivity contribution in [2.75, 3.05) is 5.32 Å². The van der Waals surface area contributed by atoms with E-state index in [2.05, 4.69) is 25.6 Å². The molecular formula is C16H20N4O3. The van der Waals surface area contributed by atoms with Crippen LogP contribution in [0.1, 0.15) is 42.0 Å². The van der Waals surface area contributed by atoms with Crippen molar-refractivity contribution < 1.29 is 14.2 Å². The second kappa shape index (κ2) is 7.53. The monoisotopic (exact) mass is 316 g/mol. The number of aryl methyl sites for hydroxylation is 1. The number of anilines is 1. The minimum atomic E-state index is -0.299. The first-order valence-corrected chi connectivity index (χ1v) is 7.49. The van der Waals surface area contributed by atoms with Crippen molar-refractivity contribution in [2.45, 2.75) is 33.7 Å². The van der Waals surface area contributed by atoms with E-state index in [0.29, 0.717) is 22.6 Å². The van der Waals surface area contributed by atoms with Crippen LogP contribution in [-0.2, 0) is 11.3 Å². The van der Waals surface area contributed by atoms with Gasteiger partial charge in [0.2, 0.25) is 5.91 Å². The van der Waals surface area contributed by atoms with E-state index in [9.17, 15) is 9.59 Å². The van der Waals surface area contributed by atoms with Crippen molar-refractivity contribution in [3.8, 4) is 0 Å². The van der Waals surface area contributed by atoms with Crippen LogP contribution in [0.3, 0.4) is 0 Å². The normalized spacial score (nSPS) is 11.8. The van der Waals surface area contributed by atoms with Gasteiger partial charge in [-0.1, -0.05) is 36.3 Å². The maximum atomic E-state index is 12.4. The summed E-state index contributed by atoms with van der Waals surface area (Å²) in [5.74, 6) is -0.522. The van der Waals surface area contributed by atoms with Crippen molar-refractivity contribution in [2.24, 2.45) is 5.92 Å². The minimum Gasteiger partial charge on any atom is -0.346 e. The molecule has 1 aromatic heterocycles. The molecule has 0 aliphatic heterocycles. The van der Waals surface area contributed by atoms with E-state index in [4.69, 9.17) is 0 Å². The second-order valence-electron chi connectivity index (χ2n) is 5.32. The highest BCUT2D eigenvalue weighted by Crippen LogP contribution is 2.17. The number of benzene rings is 1. The van der Waals surface area contributed by atoms with Gasteiger partial charge in [0.1, 0.15) is 11.4 Å². The van der Waals surface area contributed by atoms with Gasteiger partial charge in [-0.05, 0) is 25.5 Å². The number of nitrogens with zero attached hydrogens (tertiary/aromatic N) is 2. The van der Waals surface area contributed by atoms with Crippen LogP contribution in [0.5, 0.6) is 0 Å². The molecule has 23 heavy (non-hydrogen) atoms. The number of aromatic nitrogens is 2. The van der Waals surface area contributed by atoms with Crippen molar-refractivity contribution in [1.29, 1.82) is 0 Å². The number of hydrogen-bond acceptors (Lipinski definition) is 5. The standard InChI is InChI=1S/C16H20N4O3/c1-4-10(2)15(21)18-13-8-6-5-7-12(13)16(22)17-9-14-11(3)19-23-20-14/h5-8,10H,4,9H2,1-3H3,(H,17,22)(H,18,21). The highest BCUT2D eigenvalue weighted by Gasteiger charge is 2.16. The van der Waals surface area contributed by atoms with E-state index in [1.807, 2.05) is 13.8 Å². The van der Waals surface area contributed by atoms with Crippen LogP contribution in [0.15, 0.2) is 28.9 Å². The van der Waals surface area contributed by atoms with Crippen LogP contribution in [0.25, 0.3) is 0 Å². The van der Waals surface area contributed by atoms with Crippen molar-refractivity contribution in [3.05, 3.63) is 41.2 Å². The molecule has 122 valence electrons. The van der Waals surface area contributed by atoms with Gasteiger partial charge in [0.05, 0.1) is 17.8 Å². The predicted octanol–water partition coefficient (Wildman–Crippen LogP) is 2.29. The SMILES string of the molecule is CCC(C)C(=O)Nc1ccccc1C(=O)NCc1nonc1C. The zero-order valence-electron chi connectivity index (χ0n) is 13.4. The second-order valence-corrected chi connectivity index (χ2v) is 5.32. The smallest absolute Gasteiger partial charge is 0.253 e. The number of carbonyl (C=O) groups is 2. The zero-order chi connectivity index (χ0) is 16.8. The highest BCUT2D eigenvalue weighted by molar-refractivity contribution is 6.04. The largest absolute Gasteiger partial charge is 0.346 e. The molecule has 0 spiro atoms. The molecule has 2 N–H and O–H groups in total. The summed E-state index contributed by atoms with van der Waals surface area (Å²) < 4.78 is 4.59. The van der Waals surface area contributed by atoms with Crippen LogP contribution < -0.4 is 10.6 Å². The molecule has 7 heteroatoms. The van der Waals surface area contributed by atoms with Gasteiger partial charge in [-0.15, -0.1) is 0 Å². The lowest BCUT2D eigenvalue weighted by molar-refractivity contribution is -0.119. The molecule has 2 amide bonds. The fraction of sp³-hybridized carbons (Fsp3) is 0.375. The average Bonchev–Trinajstić information content (AvgIpc) is 2.97. The quantitative estimate of drug-likeness (QED) is 0.852. The van der Waals surface area contributed by atoms with E-state index in [1.165, 1.54) is 0 Å². The summed E-state index contributed by atoms with van der Waals surface area (Å²) in [5, 5.41) is 12.9. The van der Waals surface area contributed by atoms with Crippen LogP contribution in [0.2, 0.25) is 0 Å². The Morgan fingerprint density at radius 2 is 2.00 bits per heavy atom. The molecule has 2 rings (SSSR count). The van der Waals surface area contributed by atoms with E-state index >= 15 is 0 Å². The zero-order valence-corrected chi connectivity index (χ0v) is 13.4. The minimum absolute atomic E-state index is 0.107. The molecule has 1 unspecified atom stereocenters. The Kier molecular flexibility index (Phi) is 5.46. The molecule has 7 nitrogen and oxygen atoms in total. The Labute approximate surface area is 134 Å². The maximum absolute atomic E-state index is 12.4. The lowest BCUT2D eigenvalue weighted by Gasteiger charge is -2.13. The average molecular weight is 316 g/mol.